The zero-order valence-corrected chi connectivity index (χ0v) is 9.44. The first-order chi connectivity index (χ1) is 7.31. The average Bonchev–Trinajstić information content (AvgIpc) is 2.30. The van der Waals surface area contributed by atoms with Gasteiger partial charge in [-0.3, -0.25) is 9.78 Å². The number of pyridine rings is 1. The van der Waals surface area contributed by atoms with Gasteiger partial charge in [0.2, 0.25) is 0 Å². The van der Waals surface area contributed by atoms with Crippen molar-refractivity contribution in [3.8, 4) is 11.1 Å². The van der Waals surface area contributed by atoms with E-state index >= 15 is 0 Å². The number of benzene rings is 1. The molecule has 1 aromatic carbocycles. The van der Waals surface area contributed by atoms with Crippen LogP contribution in [0.1, 0.15) is 10.4 Å². The molecule has 0 amide bonds. The molecule has 15 heavy (non-hydrogen) atoms. The van der Waals surface area contributed by atoms with E-state index in [9.17, 15) is 4.79 Å². The number of carbonyl (C=O) groups excluding carboxylic acids is 1. The van der Waals surface area contributed by atoms with Crippen LogP contribution in [-0.2, 0) is 0 Å². The molecule has 1 aromatic heterocycles. The number of aromatic nitrogens is 1. The van der Waals surface area contributed by atoms with Gasteiger partial charge in [0.05, 0.1) is 0 Å². The largest absolute Gasteiger partial charge is 0.298 e. The topological polar surface area (TPSA) is 30.0 Å². The summed E-state index contributed by atoms with van der Waals surface area (Å²) < 4.78 is 1.02. The van der Waals surface area contributed by atoms with E-state index in [0.29, 0.717) is 5.56 Å². The second-order valence-electron chi connectivity index (χ2n) is 3.09. The highest BCUT2D eigenvalue weighted by Gasteiger charge is 2.03. The molecule has 1 heterocycles. The van der Waals surface area contributed by atoms with Crippen molar-refractivity contribution in [3.05, 3.63) is 52.8 Å². The van der Waals surface area contributed by atoms with Gasteiger partial charge < -0.3 is 0 Å². The first-order valence-electron chi connectivity index (χ1n) is 4.46. The highest BCUT2D eigenvalue weighted by molar-refractivity contribution is 9.10. The predicted molar refractivity (Wildman–Crippen MR) is 62.8 cm³/mol. The molecule has 2 nitrogen and oxygen atoms in total. The molecule has 2 rings (SSSR count). The van der Waals surface area contributed by atoms with E-state index in [-0.39, 0.29) is 0 Å². The van der Waals surface area contributed by atoms with Gasteiger partial charge in [-0.15, -0.1) is 0 Å². The number of hydrogen-bond donors (Lipinski definition) is 0. The van der Waals surface area contributed by atoms with Gasteiger partial charge in [-0.2, -0.15) is 0 Å². The van der Waals surface area contributed by atoms with Crippen LogP contribution in [-0.4, -0.2) is 11.3 Å². The minimum atomic E-state index is 0.660. The van der Waals surface area contributed by atoms with Crippen molar-refractivity contribution in [1.82, 2.24) is 4.98 Å². The molecule has 74 valence electrons. The molecule has 0 aliphatic carbocycles. The average molecular weight is 262 g/mol. The van der Waals surface area contributed by atoms with Crippen molar-refractivity contribution in [3.63, 3.8) is 0 Å². The summed E-state index contributed by atoms with van der Waals surface area (Å²) in [5, 5.41) is 0. The smallest absolute Gasteiger partial charge is 0.150 e. The molecule has 0 bridgehead atoms. The quantitative estimate of drug-likeness (QED) is 0.777. The molecular weight excluding hydrogens is 254 g/mol. The van der Waals surface area contributed by atoms with Gasteiger partial charge in [0, 0.05) is 28.0 Å². The van der Waals surface area contributed by atoms with E-state index in [0.717, 1.165) is 21.9 Å². The molecule has 0 spiro atoms. The van der Waals surface area contributed by atoms with E-state index in [2.05, 4.69) is 20.9 Å². The Hall–Kier alpha value is -1.48. The highest BCUT2D eigenvalue weighted by atomic mass is 79.9. The lowest BCUT2D eigenvalue weighted by Crippen LogP contribution is -1.88. The Bertz CT molecular complexity index is 479. The lowest BCUT2D eigenvalue weighted by molar-refractivity contribution is 0.112. The Morgan fingerprint density at radius 2 is 1.87 bits per heavy atom. The highest BCUT2D eigenvalue weighted by Crippen LogP contribution is 2.23. The van der Waals surface area contributed by atoms with E-state index in [1.165, 1.54) is 0 Å². The molecule has 0 radical (unpaired) electrons. The summed E-state index contributed by atoms with van der Waals surface area (Å²) in [5.74, 6) is 0. The Balaban J connectivity index is 2.53. The molecule has 2 aromatic rings. The Labute approximate surface area is 96.1 Å². The van der Waals surface area contributed by atoms with Crippen LogP contribution < -0.4 is 0 Å². The van der Waals surface area contributed by atoms with Crippen LogP contribution in [0, 0.1) is 0 Å². The summed E-state index contributed by atoms with van der Waals surface area (Å²) in [4.78, 5) is 14.9. The van der Waals surface area contributed by atoms with Crippen LogP contribution in [0.2, 0.25) is 0 Å². The van der Waals surface area contributed by atoms with Crippen LogP contribution in [0.5, 0.6) is 0 Å². The summed E-state index contributed by atoms with van der Waals surface area (Å²) in [6.07, 6.45) is 4.16. The van der Waals surface area contributed by atoms with Gasteiger partial charge in [-0.25, -0.2) is 0 Å². The minimum Gasteiger partial charge on any atom is -0.298 e. The third-order valence-corrected chi connectivity index (χ3v) is 2.67. The second kappa shape index (κ2) is 4.36. The van der Waals surface area contributed by atoms with Crippen LogP contribution in [0.15, 0.2) is 47.2 Å². The van der Waals surface area contributed by atoms with E-state index < -0.39 is 0 Å². The maximum Gasteiger partial charge on any atom is 0.150 e. The van der Waals surface area contributed by atoms with E-state index in [1.807, 2.05) is 24.3 Å². The van der Waals surface area contributed by atoms with Crippen molar-refractivity contribution in [1.29, 1.82) is 0 Å². The van der Waals surface area contributed by atoms with Crippen LogP contribution in [0.3, 0.4) is 0 Å². The number of nitrogens with zero attached hydrogens (tertiary/aromatic N) is 1. The molecule has 0 aliphatic heterocycles. The number of carbonyl (C=O) groups is 1. The standard InChI is InChI=1S/C12H8BrNO/c13-11-3-1-9(2-4-11)12-7-14-6-5-10(12)8-15/h1-8H. The molecule has 0 saturated carbocycles. The second-order valence-corrected chi connectivity index (χ2v) is 4.00. The Morgan fingerprint density at radius 3 is 2.53 bits per heavy atom. The predicted octanol–water partition coefficient (Wildman–Crippen LogP) is 3.32. The van der Waals surface area contributed by atoms with Crippen molar-refractivity contribution in [2.24, 2.45) is 0 Å². The van der Waals surface area contributed by atoms with Gasteiger partial charge in [0.15, 0.2) is 6.29 Å². The first kappa shape index (κ1) is 10.1. The van der Waals surface area contributed by atoms with E-state index in [4.69, 9.17) is 0 Å². The normalized spacial score (nSPS) is 9.93. The lowest BCUT2D eigenvalue weighted by atomic mass is 10.0. The summed E-state index contributed by atoms with van der Waals surface area (Å²) in [6, 6.07) is 9.50. The summed E-state index contributed by atoms with van der Waals surface area (Å²) >= 11 is 3.37. The lowest BCUT2D eigenvalue weighted by Gasteiger charge is -2.03. The number of halogens is 1. The summed E-state index contributed by atoms with van der Waals surface area (Å²) in [6.45, 7) is 0. The fourth-order valence-electron chi connectivity index (χ4n) is 1.38. The van der Waals surface area contributed by atoms with Gasteiger partial charge in [-0.1, -0.05) is 28.1 Å². The van der Waals surface area contributed by atoms with Crippen LogP contribution in [0.4, 0.5) is 0 Å². The Kier molecular flexibility index (Phi) is 2.92. The number of aldehydes is 1. The number of hydrogen-bond acceptors (Lipinski definition) is 2. The third-order valence-electron chi connectivity index (χ3n) is 2.14. The SMILES string of the molecule is O=Cc1ccncc1-c1ccc(Br)cc1. The van der Waals surface area contributed by atoms with Crippen molar-refractivity contribution in [2.75, 3.05) is 0 Å². The van der Waals surface area contributed by atoms with Crippen LogP contribution in [0.25, 0.3) is 11.1 Å². The Morgan fingerprint density at radius 1 is 1.13 bits per heavy atom. The molecule has 0 unspecified atom stereocenters. The zero-order valence-electron chi connectivity index (χ0n) is 7.85. The van der Waals surface area contributed by atoms with Crippen LogP contribution >= 0.6 is 15.9 Å². The molecule has 0 N–H and O–H groups in total. The molecule has 0 atom stereocenters. The monoisotopic (exact) mass is 261 g/mol. The van der Waals surface area contributed by atoms with Gasteiger partial charge in [0.25, 0.3) is 0 Å². The van der Waals surface area contributed by atoms with Crippen molar-refractivity contribution < 1.29 is 4.79 Å². The first-order valence-corrected chi connectivity index (χ1v) is 5.25. The maximum atomic E-state index is 10.8. The van der Waals surface area contributed by atoms with Gasteiger partial charge in [0.1, 0.15) is 0 Å². The minimum absolute atomic E-state index is 0.660. The molecule has 3 heteroatoms. The summed E-state index contributed by atoms with van der Waals surface area (Å²) in [5.41, 5.74) is 2.51. The van der Waals surface area contributed by atoms with Gasteiger partial charge >= 0.3 is 0 Å². The molecular formula is C12H8BrNO. The fourth-order valence-corrected chi connectivity index (χ4v) is 1.64. The van der Waals surface area contributed by atoms with Crippen molar-refractivity contribution >= 4 is 22.2 Å². The van der Waals surface area contributed by atoms with Gasteiger partial charge in [-0.05, 0) is 23.8 Å². The third kappa shape index (κ3) is 2.13. The van der Waals surface area contributed by atoms with E-state index in [1.54, 1.807) is 18.5 Å². The summed E-state index contributed by atoms with van der Waals surface area (Å²) in [7, 11) is 0. The number of rotatable bonds is 2. The fraction of sp³-hybridized carbons (Fsp3) is 0. The molecule has 0 saturated heterocycles. The molecule has 0 aliphatic rings. The zero-order chi connectivity index (χ0) is 10.7. The molecule has 0 fully saturated rings. The van der Waals surface area contributed by atoms with Crippen molar-refractivity contribution in [2.45, 2.75) is 0 Å². The maximum absolute atomic E-state index is 10.8.